The summed E-state index contributed by atoms with van der Waals surface area (Å²) in [5.74, 6) is -0.181. The van der Waals surface area contributed by atoms with Crippen LogP contribution in [0.4, 0.5) is 0 Å². The van der Waals surface area contributed by atoms with Crippen LogP contribution < -0.4 is 16.4 Å². The molecular weight excluding hydrogens is 222 g/mol. The Kier molecular flexibility index (Phi) is 8.35. The van der Waals surface area contributed by atoms with Gasteiger partial charge in [0.1, 0.15) is 0 Å². The van der Waals surface area contributed by atoms with Crippen LogP contribution in [0.3, 0.4) is 0 Å². The predicted octanol–water partition coefficient (Wildman–Crippen LogP) is -0.761. The Bertz CT molecular complexity index is 244. The lowest BCUT2D eigenvalue weighted by Crippen LogP contribution is -2.45. The average molecular weight is 245 g/mol. The first-order valence-electron chi connectivity index (χ1n) is 5.76. The van der Waals surface area contributed by atoms with Crippen molar-refractivity contribution in [3.8, 4) is 0 Å². The van der Waals surface area contributed by atoms with Gasteiger partial charge in [-0.2, -0.15) is 0 Å². The lowest BCUT2D eigenvalue weighted by molar-refractivity contribution is -0.127. The first kappa shape index (κ1) is 15.9. The van der Waals surface area contributed by atoms with Crippen molar-refractivity contribution in [2.24, 2.45) is 11.7 Å². The summed E-state index contributed by atoms with van der Waals surface area (Å²) < 4.78 is 4.78. The molecular formula is C11H23N3O3. The largest absolute Gasteiger partial charge is 0.383 e. The zero-order valence-corrected chi connectivity index (χ0v) is 10.8. The van der Waals surface area contributed by atoms with Crippen LogP contribution in [-0.2, 0) is 14.3 Å². The molecule has 0 saturated carbocycles. The standard InChI is InChI=1S/C11H23N3O3/c1-8(2)6-9(12)11(16)14-7-10(15)13-4-5-17-3/h8-9H,4-7,12H2,1-3H3,(H,13,15)(H,14,16)/t9-/m1/s1. The fraction of sp³-hybridized carbons (Fsp3) is 0.818. The van der Waals surface area contributed by atoms with Crippen molar-refractivity contribution < 1.29 is 14.3 Å². The Balaban J connectivity index is 3.71. The van der Waals surface area contributed by atoms with Gasteiger partial charge in [-0.05, 0) is 12.3 Å². The van der Waals surface area contributed by atoms with E-state index in [-0.39, 0.29) is 18.4 Å². The zero-order chi connectivity index (χ0) is 13.3. The van der Waals surface area contributed by atoms with E-state index in [1.165, 1.54) is 0 Å². The van der Waals surface area contributed by atoms with Gasteiger partial charge in [-0.1, -0.05) is 13.8 Å². The minimum absolute atomic E-state index is 0.0473. The van der Waals surface area contributed by atoms with Gasteiger partial charge in [-0.25, -0.2) is 0 Å². The number of nitrogens with one attached hydrogen (secondary N) is 2. The molecule has 0 fully saturated rings. The van der Waals surface area contributed by atoms with Gasteiger partial charge in [0.05, 0.1) is 19.2 Å². The molecule has 100 valence electrons. The smallest absolute Gasteiger partial charge is 0.239 e. The van der Waals surface area contributed by atoms with Crippen molar-refractivity contribution >= 4 is 11.8 Å². The fourth-order valence-corrected chi connectivity index (χ4v) is 1.27. The van der Waals surface area contributed by atoms with E-state index in [1.807, 2.05) is 13.8 Å². The van der Waals surface area contributed by atoms with E-state index in [1.54, 1.807) is 7.11 Å². The van der Waals surface area contributed by atoms with Crippen LogP contribution in [-0.4, -0.2) is 44.7 Å². The van der Waals surface area contributed by atoms with Gasteiger partial charge < -0.3 is 21.1 Å². The SMILES string of the molecule is COCCNC(=O)CNC(=O)[C@H](N)CC(C)C. The van der Waals surface area contributed by atoms with E-state index in [0.717, 1.165) is 0 Å². The second-order valence-electron chi connectivity index (χ2n) is 4.30. The van der Waals surface area contributed by atoms with E-state index >= 15 is 0 Å². The summed E-state index contributed by atoms with van der Waals surface area (Å²) in [5.41, 5.74) is 5.66. The lowest BCUT2D eigenvalue weighted by Gasteiger charge is -2.13. The van der Waals surface area contributed by atoms with E-state index in [9.17, 15) is 9.59 Å². The number of nitrogens with two attached hydrogens (primary N) is 1. The van der Waals surface area contributed by atoms with Crippen LogP contribution in [0, 0.1) is 5.92 Å². The molecule has 0 spiro atoms. The number of carbonyl (C=O) groups excluding carboxylic acids is 2. The zero-order valence-electron chi connectivity index (χ0n) is 10.8. The molecule has 0 saturated heterocycles. The van der Waals surface area contributed by atoms with Crippen molar-refractivity contribution in [3.63, 3.8) is 0 Å². The quantitative estimate of drug-likeness (QED) is 0.490. The van der Waals surface area contributed by atoms with Crippen molar-refractivity contribution in [3.05, 3.63) is 0 Å². The van der Waals surface area contributed by atoms with Crippen LogP contribution in [0.25, 0.3) is 0 Å². The molecule has 4 N–H and O–H groups in total. The molecule has 0 bridgehead atoms. The number of amides is 2. The molecule has 6 heteroatoms. The summed E-state index contributed by atoms with van der Waals surface area (Å²) in [7, 11) is 1.55. The maximum Gasteiger partial charge on any atom is 0.239 e. The third-order valence-electron chi connectivity index (χ3n) is 2.11. The first-order chi connectivity index (χ1) is 7.97. The molecule has 0 heterocycles. The second-order valence-corrected chi connectivity index (χ2v) is 4.30. The van der Waals surface area contributed by atoms with Gasteiger partial charge in [0, 0.05) is 13.7 Å². The molecule has 0 unspecified atom stereocenters. The van der Waals surface area contributed by atoms with E-state index in [0.29, 0.717) is 25.5 Å². The molecule has 0 aliphatic heterocycles. The minimum Gasteiger partial charge on any atom is -0.383 e. The molecule has 0 aromatic rings. The molecule has 17 heavy (non-hydrogen) atoms. The van der Waals surface area contributed by atoms with Crippen LogP contribution in [0.5, 0.6) is 0 Å². The number of methoxy groups -OCH3 is 1. The Morgan fingerprint density at radius 2 is 1.94 bits per heavy atom. The van der Waals surface area contributed by atoms with Gasteiger partial charge in [0.15, 0.2) is 0 Å². The van der Waals surface area contributed by atoms with Crippen molar-refractivity contribution in [2.75, 3.05) is 26.8 Å². The molecule has 0 aromatic heterocycles. The van der Waals surface area contributed by atoms with Gasteiger partial charge in [0.2, 0.25) is 11.8 Å². The highest BCUT2D eigenvalue weighted by Crippen LogP contribution is 2.01. The summed E-state index contributed by atoms with van der Waals surface area (Å²) in [6.45, 7) is 4.82. The minimum atomic E-state index is -0.554. The maximum atomic E-state index is 11.5. The highest BCUT2D eigenvalue weighted by molar-refractivity contribution is 5.87. The molecule has 0 aliphatic rings. The fourth-order valence-electron chi connectivity index (χ4n) is 1.27. The number of carbonyl (C=O) groups is 2. The summed E-state index contributed by atoms with van der Waals surface area (Å²) in [4.78, 5) is 22.7. The molecule has 2 amide bonds. The molecule has 0 aliphatic carbocycles. The number of hydrogen-bond acceptors (Lipinski definition) is 4. The summed E-state index contributed by atoms with van der Waals surface area (Å²) >= 11 is 0. The van der Waals surface area contributed by atoms with Crippen LogP contribution in [0.1, 0.15) is 20.3 Å². The summed E-state index contributed by atoms with van der Waals surface area (Å²) in [5, 5.41) is 5.10. The normalized spacial score (nSPS) is 12.3. The molecule has 6 nitrogen and oxygen atoms in total. The van der Waals surface area contributed by atoms with Crippen LogP contribution in [0.2, 0.25) is 0 Å². The number of hydrogen-bond donors (Lipinski definition) is 3. The predicted molar refractivity (Wildman–Crippen MR) is 65.3 cm³/mol. The van der Waals surface area contributed by atoms with Crippen molar-refractivity contribution in [1.29, 1.82) is 0 Å². The van der Waals surface area contributed by atoms with Crippen molar-refractivity contribution in [1.82, 2.24) is 10.6 Å². The highest BCUT2D eigenvalue weighted by Gasteiger charge is 2.15. The van der Waals surface area contributed by atoms with Crippen molar-refractivity contribution in [2.45, 2.75) is 26.3 Å². The third-order valence-corrected chi connectivity index (χ3v) is 2.11. The van der Waals surface area contributed by atoms with Gasteiger partial charge in [-0.3, -0.25) is 9.59 Å². The van der Waals surface area contributed by atoms with E-state index in [4.69, 9.17) is 10.5 Å². The molecule has 0 aromatic carbocycles. The van der Waals surface area contributed by atoms with Crippen LogP contribution in [0.15, 0.2) is 0 Å². The average Bonchev–Trinajstić information content (AvgIpc) is 2.25. The van der Waals surface area contributed by atoms with E-state index in [2.05, 4.69) is 10.6 Å². The lowest BCUT2D eigenvalue weighted by atomic mass is 10.0. The topological polar surface area (TPSA) is 93.5 Å². The monoisotopic (exact) mass is 245 g/mol. The maximum absolute atomic E-state index is 11.5. The Morgan fingerprint density at radius 3 is 2.47 bits per heavy atom. The molecule has 0 radical (unpaired) electrons. The van der Waals surface area contributed by atoms with Gasteiger partial charge in [-0.15, -0.1) is 0 Å². The summed E-state index contributed by atoms with van der Waals surface area (Å²) in [6.07, 6.45) is 0.608. The van der Waals surface area contributed by atoms with Gasteiger partial charge >= 0.3 is 0 Å². The Labute approximate surface area is 102 Å². The Morgan fingerprint density at radius 1 is 1.29 bits per heavy atom. The second kappa shape index (κ2) is 8.95. The molecule has 0 rings (SSSR count). The first-order valence-corrected chi connectivity index (χ1v) is 5.76. The highest BCUT2D eigenvalue weighted by atomic mass is 16.5. The number of rotatable bonds is 8. The Hall–Kier alpha value is -1.14. The van der Waals surface area contributed by atoms with E-state index < -0.39 is 6.04 Å². The molecule has 1 atom stereocenters. The summed E-state index contributed by atoms with van der Waals surface area (Å²) in [6, 6.07) is -0.554. The van der Waals surface area contributed by atoms with Gasteiger partial charge in [0.25, 0.3) is 0 Å². The third kappa shape index (κ3) is 8.65. The number of ether oxygens (including phenoxy) is 1. The van der Waals surface area contributed by atoms with Crippen LogP contribution >= 0.6 is 0 Å².